The molecule has 0 unspecified atom stereocenters. The first-order valence-corrected chi connectivity index (χ1v) is 14.3. The second kappa shape index (κ2) is 12.0. The summed E-state index contributed by atoms with van der Waals surface area (Å²) < 4.78 is 140. The predicted octanol–water partition coefficient (Wildman–Crippen LogP) is 9.53. The van der Waals surface area contributed by atoms with E-state index in [4.69, 9.17) is 9.47 Å². The first-order valence-electron chi connectivity index (χ1n) is 14.3. The van der Waals surface area contributed by atoms with Crippen molar-refractivity contribution in [2.45, 2.75) is 83.2 Å². The van der Waals surface area contributed by atoms with Crippen LogP contribution in [0.4, 0.5) is 44.3 Å². The van der Waals surface area contributed by atoms with E-state index < -0.39 is 53.5 Å². The minimum atomic E-state index is -5.87. The van der Waals surface area contributed by atoms with Crippen molar-refractivity contribution in [3.8, 4) is 5.75 Å². The number of alkyl halides is 9. The third-order valence-electron chi connectivity index (χ3n) is 8.72. The van der Waals surface area contributed by atoms with Gasteiger partial charge in [-0.15, -0.1) is 0 Å². The van der Waals surface area contributed by atoms with E-state index >= 15 is 0 Å². The standard InChI is InChI=1S/C32H34F9NO4/c1-17-11-19(13-22(12-17)30(33,34)35)26-18(2)42(27(43)46-26)16-20-15-28(3,4)10-9-23(20)24-14-21(7-8-25(24)44-5)29(45-6,31(36,37)38)32(39,40)41/h7-8,11-14,18,26H,9-10,15-16H2,1-6H3/t18-,26-/m0/s1. The number of cyclic esters (lactones) is 1. The maximum absolute atomic E-state index is 14.1. The molecule has 46 heavy (non-hydrogen) atoms. The molecule has 254 valence electrons. The van der Waals surface area contributed by atoms with Crippen LogP contribution in [-0.2, 0) is 21.3 Å². The van der Waals surface area contributed by atoms with Gasteiger partial charge in [-0.25, -0.2) is 4.79 Å². The van der Waals surface area contributed by atoms with Gasteiger partial charge in [0.15, 0.2) is 0 Å². The van der Waals surface area contributed by atoms with Crippen molar-refractivity contribution in [3.63, 3.8) is 0 Å². The van der Waals surface area contributed by atoms with Crippen LogP contribution in [0.5, 0.6) is 5.75 Å². The highest BCUT2D eigenvalue weighted by Crippen LogP contribution is 2.54. The second-order valence-corrected chi connectivity index (χ2v) is 12.5. The van der Waals surface area contributed by atoms with Gasteiger partial charge >= 0.3 is 24.6 Å². The molecule has 0 N–H and O–H groups in total. The number of carbonyl (C=O) groups excluding carboxylic acids is 1. The summed E-state index contributed by atoms with van der Waals surface area (Å²) in [6, 6.07) is 5.04. The monoisotopic (exact) mass is 667 g/mol. The molecular weight excluding hydrogens is 633 g/mol. The van der Waals surface area contributed by atoms with E-state index in [1.807, 2.05) is 13.8 Å². The van der Waals surface area contributed by atoms with Crippen LogP contribution in [0.25, 0.3) is 5.57 Å². The average Bonchev–Trinajstić information content (AvgIpc) is 3.19. The zero-order chi connectivity index (χ0) is 34.6. The lowest BCUT2D eigenvalue weighted by Crippen LogP contribution is -2.55. The van der Waals surface area contributed by atoms with Crippen molar-refractivity contribution in [2.75, 3.05) is 20.8 Å². The van der Waals surface area contributed by atoms with E-state index in [1.54, 1.807) is 6.92 Å². The Kier molecular flexibility index (Phi) is 9.23. The first kappa shape index (κ1) is 35.4. The number of methoxy groups -OCH3 is 2. The number of rotatable bonds is 7. The van der Waals surface area contributed by atoms with Crippen molar-refractivity contribution in [3.05, 3.63) is 69.8 Å². The molecule has 5 nitrogen and oxygen atoms in total. The zero-order valence-corrected chi connectivity index (χ0v) is 25.9. The van der Waals surface area contributed by atoms with Crippen LogP contribution in [0.3, 0.4) is 0 Å². The number of aryl methyl sites for hydroxylation is 1. The number of hydrogen-bond acceptors (Lipinski definition) is 4. The van der Waals surface area contributed by atoms with Gasteiger partial charge in [-0.05, 0) is 79.5 Å². The van der Waals surface area contributed by atoms with Gasteiger partial charge in [-0.1, -0.05) is 31.5 Å². The smallest absolute Gasteiger partial charge is 0.430 e. The highest BCUT2D eigenvalue weighted by Gasteiger charge is 2.73. The molecule has 2 aromatic carbocycles. The van der Waals surface area contributed by atoms with Gasteiger partial charge in [0.1, 0.15) is 11.9 Å². The number of nitrogens with zero attached hydrogens (tertiary/aromatic N) is 1. The third kappa shape index (κ3) is 6.41. The summed E-state index contributed by atoms with van der Waals surface area (Å²) in [5, 5.41) is 0. The van der Waals surface area contributed by atoms with Crippen LogP contribution in [0.1, 0.15) is 74.0 Å². The van der Waals surface area contributed by atoms with Crippen LogP contribution in [0.15, 0.2) is 42.0 Å². The van der Waals surface area contributed by atoms with Crippen molar-refractivity contribution in [1.82, 2.24) is 4.90 Å². The number of hydrogen-bond donors (Lipinski definition) is 0. The molecule has 2 atom stereocenters. The number of carbonyl (C=O) groups is 1. The van der Waals surface area contributed by atoms with Gasteiger partial charge in [-0.2, -0.15) is 39.5 Å². The summed E-state index contributed by atoms with van der Waals surface area (Å²) in [5.74, 6) is 0.0136. The summed E-state index contributed by atoms with van der Waals surface area (Å²) in [6.07, 6.45) is -17.2. The summed E-state index contributed by atoms with van der Waals surface area (Å²) in [5.41, 5.74) is -5.73. The maximum atomic E-state index is 14.1. The summed E-state index contributed by atoms with van der Waals surface area (Å²) >= 11 is 0. The third-order valence-corrected chi connectivity index (χ3v) is 8.72. The molecule has 1 heterocycles. The largest absolute Gasteiger partial charge is 0.496 e. The lowest BCUT2D eigenvalue weighted by Gasteiger charge is -2.38. The number of ether oxygens (including phenoxy) is 3. The molecule has 14 heteroatoms. The molecule has 1 saturated heterocycles. The number of allylic oxidation sites excluding steroid dienone is 1. The fraction of sp³-hybridized carbons (Fsp3) is 0.531. The van der Waals surface area contributed by atoms with Crippen molar-refractivity contribution < 1.29 is 58.5 Å². The van der Waals surface area contributed by atoms with Crippen molar-refractivity contribution in [1.29, 1.82) is 0 Å². The molecule has 1 amide bonds. The van der Waals surface area contributed by atoms with E-state index in [0.29, 0.717) is 42.7 Å². The Bertz CT molecular complexity index is 1490. The lowest BCUT2D eigenvalue weighted by atomic mass is 9.72. The molecule has 2 aliphatic rings. The van der Waals surface area contributed by atoms with E-state index in [9.17, 15) is 44.3 Å². The second-order valence-electron chi connectivity index (χ2n) is 12.5. The molecule has 2 aromatic rings. The van der Waals surface area contributed by atoms with Crippen molar-refractivity contribution in [2.24, 2.45) is 5.41 Å². The summed E-state index contributed by atoms with van der Waals surface area (Å²) in [4.78, 5) is 14.5. The molecule has 1 aliphatic carbocycles. The molecule has 0 radical (unpaired) electrons. The Morgan fingerprint density at radius 3 is 2.11 bits per heavy atom. The van der Waals surface area contributed by atoms with Crippen LogP contribution in [0.2, 0.25) is 0 Å². The highest BCUT2D eigenvalue weighted by atomic mass is 19.4. The van der Waals surface area contributed by atoms with Gasteiger partial charge in [-0.3, -0.25) is 4.90 Å². The zero-order valence-electron chi connectivity index (χ0n) is 25.9. The van der Waals surface area contributed by atoms with Crippen LogP contribution < -0.4 is 4.74 Å². The molecule has 1 fully saturated rings. The minimum absolute atomic E-state index is 0.0136. The van der Waals surface area contributed by atoms with E-state index in [-0.39, 0.29) is 35.3 Å². The molecule has 0 aromatic heterocycles. The van der Waals surface area contributed by atoms with E-state index in [1.165, 1.54) is 25.0 Å². The SMILES string of the molecule is COc1ccc(C(OC)(C(F)(F)F)C(F)(F)F)cc1C1=C(CN2C(=O)O[C@H](c3cc(C)cc(C(F)(F)F)c3)[C@@H]2C)CC(C)(C)CC1. The van der Waals surface area contributed by atoms with Gasteiger partial charge in [0, 0.05) is 24.8 Å². The van der Waals surface area contributed by atoms with Gasteiger partial charge < -0.3 is 14.2 Å². The molecular formula is C32H34F9NO4. The van der Waals surface area contributed by atoms with Crippen molar-refractivity contribution >= 4 is 11.7 Å². The van der Waals surface area contributed by atoms with Gasteiger partial charge in [0.05, 0.1) is 18.7 Å². The molecule has 0 bridgehead atoms. The Labute approximate surface area is 260 Å². The number of halogens is 9. The lowest BCUT2D eigenvalue weighted by molar-refractivity contribution is -0.383. The fourth-order valence-electron chi connectivity index (χ4n) is 6.40. The highest BCUT2D eigenvalue weighted by molar-refractivity contribution is 5.77. The van der Waals surface area contributed by atoms with Crippen LogP contribution >= 0.6 is 0 Å². The van der Waals surface area contributed by atoms with E-state index in [0.717, 1.165) is 24.3 Å². The fourth-order valence-corrected chi connectivity index (χ4v) is 6.40. The quantitative estimate of drug-likeness (QED) is 0.276. The Morgan fingerprint density at radius 1 is 0.935 bits per heavy atom. The van der Waals surface area contributed by atoms with Crippen LogP contribution in [0, 0.1) is 12.3 Å². The normalized spacial score (nSPS) is 21.1. The Hall–Kier alpha value is -3.42. The molecule has 0 spiro atoms. The minimum Gasteiger partial charge on any atom is -0.496 e. The first-order chi connectivity index (χ1) is 21.1. The van der Waals surface area contributed by atoms with Gasteiger partial charge in [0.25, 0.3) is 5.60 Å². The average molecular weight is 668 g/mol. The topological polar surface area (TPSA) is 48.0 Å². The molecule has 1 aliphatic heterocycles. The van der Waals surface area contributed by atoms with Crippen LogP contribution in [-0.4, -0.2) is 50.2 Å². The van der Waals surface area contributed by atoms with E-state index in [2.05, 4.69) is 4.74 Å². The Morgan fingerprint density at radius 2 is 1.57 bits per heavy atom. The molecule has 4 rings (SSSR count). The Balaban J connectivity index is 1.82. The molecule has 0 saturated carbocycles. The number of benzene rings is 2. The maximum Gasteiger partial charge on any atom is 0.430 e. The summed E-state index contributed by atoms with van der Waals surface area (Å²) in [7, 11) is 1.56. The number of amides is 1. The summed E-state index contributed by atoms with van der Waals surface area (Å²) in [6.45, 7) is 6.81. The predicted molar refractivity (Wildman–Crippen MR) is 150 cm³/mol. The van der Waals surface area contributed by atoms with Gasteiger partial charge in [0.2, 0.25) is 0 Å².